The quantitative estimate of drug-likeness (QED) is 0.211. The maximum Gasteiger partial charge on any atom is 0.233 e. The average Bonchev–Trinajstić information content (AvgIpc) is 3.21. The summed E-state index contributed by atoms with van der Waals surface area (Å²) in [6.07, 6.45) is 0.851. The van der Waals surface area contributed by atoms with Gasteiger partial charge in [0.2, 0.25) is 6.41 Å². The normalized spacial score (nSPS) is 23.9. The predicted octanol–water partition coefficient (Wildman–Crippen LogP) is 4.48. The third-order valence-electron chi connectivity index (χ3n) is 6.73. The van der Waals surface area contributed by atoms with Gasteiger partial charge >= 0.3 is 0 Å². The molecule has 10 heteroatoms. The number of carbonyl (C=O) groups is 1. The van der Waals surface area contributed by atoms with Gasteiger partial charge < -0.3 is 9.16 Å². The molecule has 1 amide bonds. The highest BCUT2D eigenvalue weighted by molar-refractivity contribution is 8.00. The van der Waals surface area contributed by atoms with E-state index in [1.807, 2.05) is 26.3 Å². The number of amides is 1. The fourth-order valence-electron chi connectivity index (χ4n) is 3.83. The summed E-state index contributed by atoms with van der Waals surface area (Å²) in [6.45, 7) is 26.0. The summed E-state index contributed by atoms with van der Waals surface area (Å²) in [5, 5.41) is 1.50. The molecule has 204 valence electrons. The third kappa shape index (κ3) is 9.63. The predicted molar refractivity (Wildman–Crippen MR) is 148 cm³/mol. The van der Waals surface area contributed by atoms with Crippen LogP contribution in [-0.4, -0.2) is 92.8 Å². The molecule has 0 aromatic rings. The first-order chi connectivity index (χ1) is 16.1. The second kappa shape index (κ2) is 12.7. The Bertz CT molecular complexity index is 743. The van der Waals surface area contributed by atoms with Crippen molar-refractivity contribution >= 4 is 31.0 Å². The van der Waals surface area contributed by atoms with Crippen molar-refractivity contribution in [2.75, 3.05) is 38.6 Å². The van der Waals surface area contributed by atoms with Crippen LogP contribution in [-0.2, 0) is 29.5 Å². The number of carbonyl (C=O) groups excluding carboxylic acids is 1. The lowest BCUT2D eigenvalue weighted by Gasteiger charge is -2.44. The molecule has 8 nitrogen and oxygen atoms in total. The molecule has 0 N–H and O–H groups in total. The van der Waals surface area contributed by atoms with Crippen molar-refractivity contribution in [2.24, 2.45) is 15.3 Å². The number of ether oxygens (including phenoxy) is 1. The molecule has 0 radical (unpaired) electrons. The van der Waals surface area contributed by atoms with Crippen LogP contribution in [0.5, 0.6) is 0 Å². The second-order valence-electron chi connectivity index (χ2n) is 12.5. The number of nitrogens with zero attached hydrogens (tertiary/aromatic N) is 4. The van der Waals surface area contributed by atoms with Crippen LogP contribution in [0.15, 0.2) is 9.36 Å². The van der Waals surface area contributed by atoms with E-state index in [-0.39, 0.29) is 34.0 Å². The molecule has 0 saturated carbocycles. The SMILES string of the molecule is CC(C)CC(C(O[Si](C)(C)C(C)(C)C)C1N=CS(CCN2CCOCC2)=N1)N(C=O)OC(C)(C)C. The second-order valence-corrected chi connectivity index (χ2v) is 18.9. The van der Waals surface area contributed by atoms with Gasteiger partial charge in [-0.05, 0) is 51.2 Å². The molecular formula is C25H50N4O4SSi. The zero-order valence-electron chi connectivity index (χ0n) is 23.7. The van der Waals surface area contributed by atoms with Gasteiger partial charge in [0.05, 0.1) is 30.4 Å². The van der Waals surface area contributed by atoms with Crippen molar-refractivity contribution < 1.29 is 18.8 Å². The maximum absolute atomic E-state index is 12.3. The topological polar surface area (TPSA) is 76.0 Å². The van der Waals surface area contributed by atoms with E-state index in [0.717, 1.165) is 51.4 Å². The minimum Gasteiger partial charge on any atom is -0.408 e. The Morgan fingerprint density at radius 3 is 2.34 bits per heavy atom. The van der Waals surface area contributed by atoms with E-state index in [4.69, 9.17) is 23.4 Å². The standard InChI is InChI=1S/C25H50N4O4SSi/c1-20(2)17-21(29(19-30)33-24(3,4)5)22(32-35(9,10)25(6,7)8)23-26-18-34(27-23)16-13-28-11-14-31-15-12-28/h18-23H,11-17H2,1-10H3. The smallest absolute Gasteiger partial charge is 0.233 e. The van der Waals surface area contributed by atoms with Gasteiger partial charge in [-0.15, -0.1) is 0 Å². The van der Waals surface area contributed by atoms with Crippen LogP contribution >= 0.6 is 0 Å². The summed E-state index contributed by atoms with van der Waals surface area (Å²) in [6, 6.07) is -0.283. The van der Waals surface area contributed by atoms with Gasteiger partial charge in [-0.1, -0.05) is 45.3 Å². The van der Waals surface area contributed by atoms with Crippen LogP contribution in [0.25, 0.3) is 0 Å². The highest BCUT2D eigenvalue weighted by atomic mass is 32.2. The molecule has 2 heterocycles. The van der Waals surface area contributed by atoms with E-state index in [0.29, 0.717) is 5.92 Å². The zero-order valence-corrected chi connectivity index (χ0v) is 25.6. The summed E-state index contributed by atoms with van der Waals surface area (Å²) in [5.41, 5.74) is 1.51. The number of rotatable bonds is 12. The van der Waals surface area contributed by atoms with Crippen LogP contribution in [0.3, 0.4) is 0 Å². The van der Waals surface area contributed by atoms with Gasteiger partial charge in [0.25, 0.3) is 0 Å². The Labute approximate surface area is 217 Å². The molecule has 2 rings (SSSR count). The Kier molecular flexibility index (Phi) is 11.1. The molecular weight excluding hydrogens is 480 g/mol. The van der Waals surface area contributed by atoms with Gasteiger partial charge in [0, 0.05) is 25.4 Å². The van der Waals surface area contributed by atoms with Gasteiger partial charge in [-0.2, -0.15) is 0 Å². The Hall–Kier alpha value is -0.653. The molecule has 0 bridgehead atoms. The number of hydroxylamine groups is 2. The summed E-state index contributed by atoms with van der Waals surface area (Å²) < 4.78 is 17.6. The van der Waals surface area contributed by atoms with E-state index in [9.17, 15) is 4.79 Å². The first kappa shape index (κ1) is 30.6. The van der Waals surface area contributed by atoms with Crippen LogP contribution in [0.4, 0.5) is 0 Å². The molecule has 1 saturated heterocycles. The molecule has 1 fully saturated rings. The van der Waals surface area contributed by atoms with Crippen LogP contribution in [0, 0.1) is 5.92 Å². The van der Waals surface area contributed by atoms with Gasteiger partial charge in [0.1, 0.15) is 6.10 Å². The Morgan fingerprint density at radius 2 is 1.83 bits per heavy atom. The van der Waals surface area contributed by atoms with E-state index < -0.39 is 13.9 Å². The minimum absolute atomic E-state index is 0.0187. The molecule has 4 atom stereocenters. The fourth-order valence-corrected chi connectivity index (χ4v) is 6.57. The van der Waals surface area contributed by atoms with Gasteiger partial charge in [0.15, 0.2) is 14.5 Å². The summed E-state index contributed by atoms with van der Waals surface area (Å²) in [5.74, 6) is 1.30. The molecule has 2 aliphatic heterocycles. The lowest BCUT2D eigenvalue weighted by molar-refractivity contribution is -0.244. The largest absolute Gasteiger partial charge is 0.408 e. The van der Waals surface area contributed by atoms with Crippen molar-refractivity contribution in [3.05, 3.63) is 0 Å². The first-order valence-corrected chi connectivity index (χ1v) is 17.3. The third-order valence-corrected chi connectivity index (χ3v) is 12.7. The van der Waals surface area contributed by atoms with E-state index in [1.54, 1.807) is 0 Å². The summed E-state index contributed by atoms with van der Waals surface area (Å²) in [4.78, 5) is 25.7. The molecule has 4 unspecified atom stereocenters. The molecule has 0 spiro atoms. The fraction of sp³-hybridized carbons (Fsp3) is 0.920. The number of aliphatic imine (C=N–C) groups is 1. The van der Waals surface area contributed by atoms with Crippen molar-refractivity contribution in [2.45, 2.75) is 104 Å². The minimum atomic E-state index is -2.18. The number of morpholine rings is 1. The lowest BCUT2D eigenvalue weighted by atomic mass is 9.97. The highest BCUT2D eigenvalue weighted by Crippen LogP contribution is 2.39. The van der Waals surface area contributed by atoms with E-state index in [1.165, 1.54) is 5.06 Å². The molecule has 0 aromatic heterocycles. The average molecular weight is 531 g/mol. The Morgan fingerprint density at radius 1 is 1.20 bits per heavy atom. The monoisotopic (exact) mass is 530 g/mol. The zero-order chi connectivity index (χ0) is 26.4. The van der Waals surface area contributed by atoms with E-state index in [2.05, 4.69) is 52.6 Å². The lowest BCUT2D eigenvalue weighted by Crippen LogP contribution is -2.56. The van der Waals surface area contributed by atoms with Gasteiger partial charge in [-0.25, -0.2) is 9.43 Å². The molecule has 35 heavy (non-hydrogen) atoms. The van der Waals surface area contributed by atoms with Crippen molar-refractivity contribution in [1.82, 2.24) is 9.96 Å². The summed E-state index contributed by atoms with van der Waals surface area (Å²) >= 11 is 0. The van der Waals surface area contributed by atoms with Crippen LogP contribution < -0.4 is 0 Å². The molecule has 0 aliphatic carbocycles. The van der Waals surface area contributed by atoms with Gasteiger partial charge in [-0.3, -0.25) is 19.5 Å². The van der Waals surface area contributed by atoms with Crippen molar-refractivity contribution in [3.63, 3.8) is 0 Å². The number of hydrogen-bond acceptors (Lipinski definition) is 7. The van der Waals surface area contributed by atoms with Crippen LogP contribution in [0.1, 0.15) is 61.8 Å². The summed E-state index contributed by atoms with van der Waals surface area (Å²) in [7, 11) is -2.44. The number of hydrogen-bond donors (Lipinski definition) is 0. The molecule has 2 aliphatic rings. The van der Waals surface area contributed by atoms with Crippen molar-refractivity contribution in [3.8, 4) is 0 Å². The maximum atomic E-state index is 12.3. The van der Waals surface area contributed by atoms with E-state index >= 15 is 0 Å². The Balaban J connectivity index is 2.34. The van der Waals surface area contributed by atoms with Crippen molar-refractivity contribution in [1.29, 1.82) is 0 Å². The first-order valence-electron chi connectivity index (χ1n) is 13.0. The highest BCUT2D eigenvalue weighted by Gasteiger charge is 2.46. The molecule has 0 aromatic carbocycles. The van der Waals surface area contributed by atoms with Crippen LogP contribution in [0.2, 0.25) is 18.1 Å².